The van der Waals surface area contributed by atoms with Crippen LogP contribution in [0.5, 0.6) is 0 Å². The van der Waals surface area contributed by atoms with Crippen LogP contribution < -0.4 is 11.1 Å². The quantitative estimate of drug-likeness (QED) is 0.732. The number of hydrogen-bond acceptors (Lipinski definition) is 4. The Balaban J connectivity index is 2.18. The Labute approximate surface area is 115 Å². The van der Waals surface area contributed by atoms with Crippen molar-refractivity contribution >= 4 is 11.6 Å². The van der Waals surface area contributed by atoms with E-state index >= 15 is 0 Å². The monoisotopic (exact) mass is 289 g/mol. The van der Waals surface area contributed by atoms with Gasteiger partial charge < -0.3 is 16.2 Å². The van der Waals surface area contributed by atoms with Crippen LogP contribution in [0.2, 0.25) is 0 Å². The van der Waals surface area contributed by atoms with E-state index in [1.54, 1.807) is 0 Å². The van der Waals surface area contributed by atoms with Gasteiger partial charge in [0.15, 0.2) is 0 Å². The molecule has 1 aliphatic rings. The van der Waals surface area contributed by atoms with Gasteiger partial charge in [-0.25, -0.2) is 4.98 Å². The van der Waals surface area contributed by atoms with Gasteiger partial charge in [-0.05, 0) is 25.0 Å². The second-order valence-electron chi connectivity index (χ2n) is 5.12. The maximum absolute atomic E-state index is 12.7. The second kappa shape index (κ2) is 5.87. The third-order valence-electron chi connectivity index (χ3n) is 3.49. The summed E-state index contributed by atoms with van der Waals surface area (Å²) in [5, 5.41) is 12.8. The minimum atomic E-state index is -4.46. The third-order valence-corrected chi connectivity index (χ3v) is 3.49. The normalized spacial score (nSPS) is 24.2. The molecule has 4 nitrogen and oxygen atoms in total. The first-order valence-electron chi connectivity index (χ1n) is 6.65. The number of nitrogen functional groups attached to an aromatic ring is 1. The molecule has 1 heterocycles. The van der Waals surface area contributed by atoms with Crippen molar-refractivity contribution in [3.05, 3.63) is 17.7 Å². The van der Waals surface area contributed by atoms with Gasteiger partial charge in [-0.1, -0.05) is 19.3 Å². The standard InChI is InChI=1S/C13H18F3N3O/c14-13(15,16)8-6-11(17)19-12(7-8)18-9-4-2-1-3-5-10(9)20/h6-7,9-10,20H,1-5H2,(H3,17,18,19). The van der Waals surface area contributed by atoms with Crippen LogP contribution in [0, 0.1) is 0 Å². The van der Waals surface area contributed by atoms with Gasteiger partial charge in [-0.15, -0.1) is 0 Å². The highest BCUT2D eigenvalue weighted by Gasteiger charge is 2.32. The minimum Gasteiger partial charge on any atom is -0.391 e. The maximum atomic E-state index is 12.7. The average Bonchev–Trinajstić information content (AvgIpc) is 2.53. The van der Waals surface area contributed by atoms with Gasteiger partial charge in [-0.2, -0.15) is 13.2 Å². The fourth-order valence-corrected chi connectivity index (χ4v) is 2.44. The van der Waals surface area contributed by atoms with Crippen molar-refractivity contribution in [2.45, 2.75) is 50.4 Å². The van der Waals surface area contributed by atoms with E-state index in [-0.39, 0.29) is 17.7 Å². The van der Waals surface area contributed by atoms with E-state index in [4.69, 9.17) is 5.73 Å². The lowest BCUT2D eigenvalue weighted by Crippen LogP contribution is -2.33. The van der Waals surface area contributed by atoms with Gasteiger partial charge in [0.2, 0.25) is 0 Å². The molecule has 0 amide bonds. The number of halogens is 3. The number of aromatic nitrogens is 1. The molecule has 1 aromatic heterocycles. The first kappa shape index (κ1) is 14.9. The van der Waals surface area contributed by atoms with Crippen LogP contribution in [0.25, 0.3) is 0 Å². The number of aliphatic hydroxyl groups excluding tert-OH is 1. The number of aliphatic hydroxyl groups is 1. The lowest BCUT2D eigenvalue weighted by Gasteiger charge is -2.23. The number of nitrogens with one attached hydrogen (secondary N) is 1. The third kappa shape index (κ3) is 3.75. The summed E-state index contributed by atoms with van der Waals surface area (Å²) in [5.41, 5.74) is 4.58. The molecule has 7 heteroatoms. The zero-order chi connectivity index (χ0) is 14.8. The molecule has 1 saturated carbocycles. The molecule has 1 aliphatic carbocycles. The minimum absolute atomic E-state index is 0.0586. The zero-order valence-corrected chi connectivity index (χ0v) is 11.0. The molecule has 20 heavy (non-hydrogen) atoms. The smallest absolute Gasteiger partial charge is 0.391 e. The molecule has 0 saturated heterocycles. The summed E-state index contributed by atoms with van der Waals surface area (Å²) in [4.78, 5) is 3.86. The van der Waals surface area contributed by atoms with Crippen LogP contribution in [0.1, 0.15) is 37.7 Å². The maximum Gasteiger partial charge on any atom is 0.416 e. The van der Waals surface area contributed by atoms with Crippen molar-refractivity contribution in [1.82, 2.24) is 4.98 Å². The molecule has 112 valence electrons. The fourth-order valence-electron chi connectivity index (χ4n) is 2.44. The molecule has 2 rings (SSSR count). The highest BCUT2D eigenvalue weighted by Crippen LogP contribution is 2.32. The SMILES string of the molecule is Nc1cc(C(F)(F)F)cc(NC2CCCCCC2O)n1. The summed E-state index contributed by atoms with van der Waals surface area (Å²) in [7, 11) is 0. The molecule has 2 unspecified atom stereocenters. The van der Waals surface area contributed by atoms with Crippen LogP contribution >= 0.6 is 0 Å². The Morgan fingerprint density at radius 2 is 1.90 bits per heavy atom. The van der Waals surface area contributed by atoms with Crippen molar-refractivity contribution in [2.75, 3.05) is 11.1 Å². The van der Waals surface area contributed by atoms with Crippen molar-refractivity contribution in [3.8, 4) is 0 Å². The van der Waals surface area contributed by atoms with Crippen LogP contribution in [0.3, 0.4) is 0 Å². The number of anilines is 2. The van der Waals surface area contributed by atoms with Crippen LogP contribution in [0.15, 0.2) is 12.1 Å². The average molecular weight is 289 g/mol. The molecule has 1 aromatic rings. The Kier molecular flexibility index (Phi) is 4.37. The molecular formula is C13H18F3N3O. The highest BCUT2D eigenvalue weighted by atomic mass is 19.4. The topological polar surface area (TPSA) is 71.2 Å². The van der Waals surface area contributed by atoms with Crippen LogP contribution in [-0.2, 0) is 6.18 Å². The van der Waals surface area contributed by atoms with E-state index in [9.17, 15) is 18.3 Å². The van der Waals surface area contributed by atoms with Crippen LogP contribution in [0.4, 0.5) is 24.8 Å². The van der Waals surface area contributed by atoms with E-state index in [0.717, 1.165) is 31.4 Å². The number of rotatable bonds is 2. The second-order valence-corrected chi connectivity index (χ2v) is 5.12. The first-order valence-corrected chi connectivity index (χ1v) is 6.65. The summed E-state index contributed by atoms with van der Waals surface area (Å²) >= 11 is 0. The molecule has 0 bridgehead atoms. The van der Waals surface area contributed by atoms with Gasteiger partial charge in [0.25, 0.3) is 0 Å². The lowest BCUT2D eigenvalue weighted by molar-refractivity contribution is -0.137. The summed E-state index contributed by atoms with van der Waals surface area (Å²) < 4.78 is 38.1. The fraction of sp³-hybridized carbons (Fsp3) is 0.615. The summed E-state index contributed by atoms with van der Waals surface area (Å²) in [5.74, 6) is -0.131. The van der Waals surface area contributed by atoms with Gasteiger partial charge in [0.05, 0.1) is 17.7 Å². The number of alkyl halides is 3. The Bertz CT molecular complexity index is 465. The van der Waals surface area contributed by atoms with E-state index in [1.807, 2.05) is 0 Å². The van der Waals surface area contributed by atoms with E-state index in [2.05, 4.69) is 10.3 Å². The molecule has 2 atom stereocenters. The Morgan fingerprint density at radius 3 is 2.60 bits per heavy atom. The summed E-state index contributed by atoms with van der Waals surface area (Å²) in [6.45, 7) is 0. The molecule has 0 radical (unpaired) electrons. The molecule has 0 aliphatic heterocycles. The Morgan fingerprint density at radius 1 is 1.20 bits per heavy atom. The molecule has 1 fully saturated rings. The number of hydrogen-bond donors (Lipinski definition) is 3. The van der Waals surface area contributed by atoms with Crippen LogP contribution in [-0.4, -0.2) is 22.2 Å². The van der Waals surface area contributed by atoms with E-state index < -0.39 is 17.8 Å². The van der Waals surface area contributed by atoms with Crippen molar-refractivity contribution in [2.24, 2.45) is 0 Å². The summed E-state index contributed by atoms with van der Waals surface area (Å²) in [6.07, 6.45) is -0.801. The van der Waals surface area contributed by atoms with Crippen molar-refractivity contribution < 1.29 is 18.3 Å². The first-order chi connectivity index (χ1) is 9.36. The van der Waals surface area contributed by atoms with Gasteiger partial charge in [0, 0.05) is 0 Å². The van der Waals surface area contributed by atoms with Gasteiger partial charge in [0.1, 0.15) is 11.6 Å². The highest BCUT2D eigenvalue weighted by molar-refractivity contribution is 5.48. The molecule has 0 spiro atoms. The van der Waals surface area contributed by atoms with Crippen molar-refractivity contribution in [1.29, 1.82) is 0 Å². The van der Waals surface area contributed by atoms with Gasteiger partial charge in [-0.3, -0.25) is 0 Å². The number of pyridine rings is 1. The molecule has 4 N–H and O–H groups in total. The number of nitrogens with two attached hydrogens (primary N) is 1. The Hall–Kier alpha value is -1.50. The predicted octanol–water partition coefficient (Wildman–Crippen LogP) is 2.79. The van der Waals surface area contributed by atoms with Crippen molar-refractivity contribution in [3.63, 3.8) is 0 Å². The predicted molar refractivity (Wildman–Crippen MR) is 70.2 cm³/mol. The zero-order valence-electron chi connectivity index (χ0n) is 11.0. The largest absolute Gasteiger partial charge is 0.416 e. The molecule has 0 aromatic carbocycles. The van der Waals surface area contributed by atoms with E-state index in [0.29, 0.717) is 12.8 Å². The van der Waals surface area contributed by atoms with Gasteiger partial charge >= 0.3 is 6.18 Å². The van der Waals surface area contributed by atoms with E-state index in [1.165, 1.54) is 0 Å². The lowest BCUT2D eigenvalue weighted by atomic mass is 10.1. The molecular weight excluding hydrogens is 271 g/mol. The summed E-state index contributed by atoms with van der Waals surface area (Å²) in [6, 6.07) is 1.44. The number of nitrogens with zero attached hydrogens (tertiary/aromatic N) is 1.